The Hall–Kier alpha value is -0.370. The molecule has 1 aliphatic carbocycles. The first kappa shape index (κ1) is 12.7. The van der Waals surface area contributed by atoms with Crippen molar-refractivity contribution >= 4 is 0 Å². The predicted molar refractivity (Wildman–Crippen MR) is 63.6 cm³/mol. The van der Waals surface area contributed by atoms with Crippen molar-refractivity contribution in [2.75, 3.05) is 6.54 Å². The number of alkyl halides is 1. The van der Waals surface area contributed by atoms with Crippen LogP contribution in [0.25, 0.3) is 0 Å². The van der Waals surface area contributed by atoms with E-state index >= 15 is 0 Å². The first-order valence-corrected chi connectivity index (χ1v) is 6.31. The monoisotopic (exact) mass is 213 g/mol. The Morgan fingerprint density at radius 2 is 2.07 bits per heavy atom. The van der Waals surface area contributed by atoms with Gasteiger partial charge in [-0.05, 0) is 37.7 Å². The smallest absolute Gasteiger partial charge is 0.144 e. The average molecular weight is 213 g/mol. The third kappa shape index (κ3) is 3.60. The van der Waals surface area contributed by atoms with E-state index in [1.807, 2.05) is 6.92 Å². The summed E-state index contributed by atoms with van der Waals surface area (Å²) in [5.41, 5.74) is 5.36. The maximum Gasteiger partial charge on any atom is 0.144 e. The van der Waals surface area contributed by atoms with Crippen LogP contribution in [0, 0.1) is 0 Å². The highest BCUT2D eigenvalue weighted by molar-refractivity contribution is 5.18. The van der Waals surface area contributed by atoms with Crippen LogP contribution in [0.5, 0.6) is 0 Å². The topological polar surface area (TPSA) is 26.0 Å². The molecule has 0 aliphatic heterocycles. The Morgan fingerprint density at radius 1 is 1.33 bits per heavy atom. The van der Waals surface area contributed by atoms with Crippen molar-refractivity contribution in [1.29, 1.82) is 0 Å². The highest BCUT2D eigenvalue weighted by Crippen LogP contribution is 2.32. The van der Waals surface area contributed by atoms with E-state index in [1.165, 1.54) is 19.3 Å². The molecule has 0 aromatic heterocycles. The summed E-state index contributed by atoms with van der Waals surface area (Å²) in [5, 5.41) is 0. The van der Waals surface area contributed by atoms with E-state index in [0.717, 1.165) is 31.3 Å². The SMILES string of the molecule is CCCC(F)(CN)C1=CCCCCCC1. The lowest BCUT2D eigenvalue weighted by Crippen LogP contribution is -2.35. The molecule has 2 N–H and O–H groups in total. The number of halogens is 1. The van der Waals surface area contributed by atoms with E-state index in [9.17, 15) is 4.39 Å². The molecule has 0 heterocycles. The molecule has 0 saturated heterocycles. The lowest BCUT2D eigenvalue weighted by Gasteiger charge is -2.28. The summed E-state index contributed by atoms with van der Waals surface area (Å²) in [6, 6.07) is 0. The van der Waals surface area contributed by atoms with Crippen LogP contribution in [0.4, 0.5) is 4.39 Å². The largest absolute Gasteiger partial charge is 0.327 e. The van der Waals surface area contributed by atoms with Gasteiger partial charge in [0.25, 0.3) is 0 Å². The maximum absolute atomic E-state index is 14.5. The van der Waals surface area contributed by atoms with E-state index in [0.29, 0.717) is 6.42 Å². The minimum absolute atomic E-state index is 0.146. The van der Waals surface area contributed by atoms with Gasteiger partial charge in [0.1, 0.15) is 5.67 Å². The summed E-state index contributed by atoms with van der Waals surface area (Å²) in [5.74, 6) is 0. The normalized spacial score (nSPS) is 22.5. The van der Waals surface area contributed by atoms with Crippen LogP contribution in [0.2, 0.25) is 0 Å². The molecule has 0 aromatic rings. The molecule has 0 radical (unpaired) electrons. The summed E-state index contributed by atoms with van der Waals surface area (Å²) in [7, 11) is 0. The van der Waals surface area contributed by atoms with Crippen LogP contribution in [-0.2, 0) is 0 Å². The highest BCUT2D eigenvalue weighted by Gasteiger charge is 2.31. The third-order valence-electron chi connectivity index (χ3n) is 3.34. The third-order valence-corrected chi connectivity index (χ3v) is 3.34. The van der Waals surface area contributed by atoms with Crippen molar-refractivity contribution in [3.8, 4) is 0 Å². The first-order chi connectivity index (χ1) is 7.23. The Bertz CT molecular complexity index is 213. The fourth-order valence-electron chi connectivity index (χ4n) is 2.39. The zero-order chi connectivity index (χ0) is 11.1. The van der Waals surface area contributed by atoms with Gasteiger partial charge in [-0.15, -0.1) is 0 Å². The van der Waals surface area contributed by atoms with Crippen molar-refractivity contribution in [2.45, 2.75) is 64.0 Å². The molecule has 0 fully saturated rings. The first-order valence-electron chi connectivity index (χ1n) is 6.31. The van der Waals surface area contributed by atoms with Crippen LogP contribution >= 0.6 is 0 Å². The standard InChI is InChI=1S/C13H24FN/c1-2-10-13(14,11-15)12-8-6-4-3-5-7-9-12/h8H,2-7,9-11,15H2,1H3. The minimum Gasteiger partial charge on any atom is -0.327 e. The van der Waals surface area contributed by atoms with Gasteiger partial charge in [-0.2, -0.15) is 0 Å². The molecule has 15 heavy (non-hydrogen) atoms. The van der Waals surface area contributed by atoms with E-state index < -0.39 is 5.67 Å². The molecular weight excluding hydrogens is 189 g/mol. The second-order valence-electron chi connectivity index (χ2n) is 4.60. The molecule has 1 aliphatic rings. The van der Waals surface area contributed by atoms with Crippen molar-refractivity contribution in [1.82, 2.24) is 0 Å². The van der Waals surface area contributed by atoms with Gasteiger partial charge in [0.05, 0.1) is 0 Å². The van der Waals surface area contributed by atoms with Crippen LogP contribution in [0.15, 0.2) is 11.6 Å². The van der Waals surface area contributed by atoms with E-state index in [1.54, 1.807) is 0 Å². The molecule has 1 unspecified atom stereocenters. The van der Waals surface area contributed by atoms with Gasteiger partial charge in [-0.3, -0.25) is 0 Å². The highest BCUT2D eigenvalue weighted by atomic mass is 19.1. The second-order valence-corrected chi connectivity index (χ2v) is 4.60. The zero-order valence-corrected chi connectivity index (χ0v) is 9.90. The van der Waals surface area contributed by atoms with Crippen LogP contribution < -0.4 is 5.73 Å². The summed E-state index contributed by atoms with van der Waals surface area (Å²) >= 11 is 0. The molecule has 0 amide bonds. The molecule has 1 nitrogen and oxygen atoms in total. The van der Waals surface area contributed by atoms with E-state index in [2.05, 4.69) is 6.08 Å². The number of nitrogens with two attached hydrogens (primary N) is 1. The van der Waals surface area contributed by atoms with E-state index in [4.69, 9.17) is 5.73 Å². The summed E-state index contributed by atoms with van der Waals surface area (Å²) in [6.07, 6.45) is 10.4. The Labute approximate surface area is 92.9 Å². The van der Waals surface area contributed by atoms with Crippen molar-refractivity contribution in [2.24, 2.45) is 5.73 Å². The molecule has 1 atom stereocenters. The van der Waals surface area contributed by atoms with Crippen LogP contribution in [0.3, 0.4) is 0 Å². The zero-order valence-electron chi connectivity index (χ0n) is 9.90. The Balaban J connectivity index is 2.70. The molecular formula is C13H24FN. The summed E-state index contributed by atoms with van der Waals surface area (Å²) < 4.78 is 14.5. The Kier molecular flexibility index (Phi) is 5.30. The fourth-order valence-corrected chi connectivity index (χ4v) is 2.39. The maximum atomic E-state index is 14.5. The van der Waals surface area contributed by atoms with Gasteiger partial charge in [0, 0.05) is 6.54 Å². The van der Waals surface area contributed by atoms with Crippen LogP contribution in [0.1, 0.15) is 58.3 Å². The second kappa shape index (κ2) is 6.26. The van der Waals surface area contributed by atoms with Crippen molar-refractivity contribution in [3.63, 3.8) is 0 Å². The predicted octanol–water partition coefficient (Wildman–Crippen LogP) is 3.73. The van der Waals surface area contributed by atoms with Gasteiger partial charge >= 0.3 is 0 Å². The average Bonchev–Trinajstić information content (AvgIpc) is 2.17. The molecule has 1 rings (SSSR count). The molecule has 0 saturated carbocycles. The number of hydrogen-bond acceptors (Lipinski definition) is 1. The van der Waals surface area contributed by atoms with Gasteiger partial charge in [0.2, 0.25) is 0 Å². The van der Waals surface area contributed by atoms with Gasteiger partial charge in [0.15, 0.2) is 0 Å². The molecule has 0 aromatic carbocycles. The quantitative estimate of drug-likeness (QED) is 0.707. The van der Waals surface area contributed by atoms with Crippen molar-refractivity contribution < 1.29 is 4.39 Å². The lowest BCUT2D eigenvalue weighted by atomic mass is 9.85. The minimum atomic E-state index is -1.22. The Morgan fingerprint density at radius 3 is 2.73 bits per heavy atom. The fraction of sp³-hybridized carbons (Fsp3) is 0.846. The van der Waals surface area contributed by atoms with E-state index in [-0.39, 0.29) is 6.54 Å². The lowest BCUT2D eigenvalue weighted by molar-refractivity contribution is 0.197. The number of allylic oxidation sites excluding steroid dienone is 1. The summed E-state index contributed by atoms with van der Waals surface area (Å²) in [4.78, 5) is 0. The van der Waals surface area contributed by atoms with Crippen LogP contribution in [-0.4, -0.2) is 12.2 Å². The van der Waals surface area contributed by atoms with Gasteiger partial charge < -0.3 is 5.73 Å². The number of hydrogen-bond donors (Lipinski definition) is 1. The molecule has 0 bridgehead atoms. The molecule has 2 heteroatoms. The summed E-state index contributed by atoms with van der Waals surface area (Å²) in [6.45, 7) is 2.17. The number of rotatable bonds is 4. The van der Waals surface area contributed by atoms with Gasteiger partial charge in [-0.1, -0.05) is 32.3 Å². The molecule has 0 spiro atoms. The van der Waals surface area contributed by atoms with Crippen molar-refractivity contribution in [3.05, 3.63) is 11.6 Å². The van der Waals surface area contributed by atoms with Gasteiger partial charge in [-0.25, -0.2) is 4.39 Å². The molecule has 88 valence electrons.